The summed E-state index contributed by atoms with van der Waals surface area (Å²) in [7, 11) is 0. The van der Waals surface area contributed by atoms with Crippen LogP contribution >= 0.6 is 0 Å². The van der Waals surface area contributed by atoms with Crippen LogP contribution in [-0.2, 0) is 9.59 Å². The normalized spacial score (nSPS) is 16.1. The van der Waals surface area contributed by atoms with Crippen molar-refractivity contribution in [1.29, 1.82) is 0 Å². The van der Waals surface area contributed by atoms with E-state index in [-0.39, 0.29) is 42.0 Å². The van der Waals surface area contributed by atoms with Crippen molar-refractivity contribution in [2.45, 2.75) is 38.6 Å². The predicted octanol–water partition coefficient (Wildman–Crippen LogP) is 1.28. The zero-order chi connectivity index (χ0) is 20.5. The number of ether oxygens (including phenoxy) is 1. The van der Waals surface area contributed by atoms with Gasteiger partial charge in [-0.3, -0.25) is 19.5 Å². The monoisotopic (exact) mass is 385 g/mol. The Bertz CT molecular complexity index is 911. The Morgan fingerprint density at radius 3 is 2.57 bits per heavy atom. The van der Waals surface area contributed by atoms with Crippen molar-refractivity contribution >= 4 is 23.5 Å². The second-order valence-electron chi connectivity index (χ2n) is 7.69. The average molecular weight is 385 g/mol. The van der Waals surface area contributed by atoms with Crippen molar-refractivity contribution in [3.05, 3.63) is 41.1 Å². The van der Waals surface area contributed by atoms with Crippen LogP contribution in [0, 0.1) is 0 Å². The van der Waals surface area contributed by atoms with Crippen LogP contribution in [0.5, 0.6) is 5.75 Å². The summed E-state index contributed by atoms with van der Waals surface area (Å²) in [5, 5.41) is 12.0. The van der Waals surface area contributed by atoms with Gasteiger partial charge in [0, 0.05) is 23.4 Å². The number of aromatic amines is 1. The van der Waals surface area contributed by atoms with E-state index in [1.54, 1.807) is 24.3 Å². The van der Waals surface area contributed by atoms with E-state index >= 15 is 0 Å². The minimum Gasteiger partial charge on any atom is -0.484 e. The van der Waals surface area contributed by atoms with E-state index < -0.39 is 5.91 Å². The standard InChI is InChI=1S/C19H23N5O4/c1-19(2,3)22-14(26)9-28-11-6-4-10(5-7-11)12-8-13(25)21-18-15(12)16(17(20)27)23-24-18/h4-7,12H,8-9H2,1-3H3,(H2,20,27)(H,22,26)(H2,21,23,24,25)/t12-/m1/s1. The number of carbonyl (C=O) groups is 3. The summed E-state index contributed by atoms with van der Waals surface area (Å²) < 4.78 is 5.51. The van der Waals surface area contributed by atoms with Crippen LogP contribution in [-0.4, -0.2) is 40.1 Å². The van der Waals surface area contributed by atoms with Crippen LogP contribution in [0.4, 0.5) is 5.82 Å². The quantitative estimate of drug-likeness (QED) is 0.614. The maximum Gasteiger partial charge on any atom is 0.267 e. The molecule has 5 N–H and O–H groups in total. The number of aromatic nitrogens is 2. The lowest BCUT2D eigenvalue weighted by Crippen LogP contribution is -2.43. The number of hydrogen-bond donors (Lipinski definition) is 4. The zero-order valence-electron chi connectivity index (χ0n) is 16.0. The summed E-state index contributed by atoms with van der Waals surface area (Å²) in [4.78, 5) is 35.5. The highest BCUT2D eigenvalue weighted by Crippen LogP contribution is 2.38. The highest BCUT2D eigenvalue weighted by Gasteiger charge is 2.33. The molecule has 9 nitrogen and oxygen atoms in total. The Balaban J connectivity index is 1.76. The molecule has 0 aliphatic carbocycles. The lowest BCUT2D eigenvalue weighted by atomic mass is 9.85. The van der Waals surface area contributed by atoms with Crippen molar-refractivity contribution in [1.82, 2.24) is 15.5 Å². The molecule has 1 atom stereocenters. The first kappa shape index (κ1) is 19.4. The molecular weight excluding hydrogens is 362 g/mol. The molecule has 28 heavy (non-hydrogen) atoms. The Labute approximate surface area is 162 Å². The van der Waals surface area contributed by atoms with E-state index in [0.29, 0.717) is 17.1 Å². The van der Waals surface area contributed by atoms with Crippen LogP contribution in [0.25, 0.3) is 0 Å². The van der Waals surface area contributed by atoms with Gasteiger partial charge >= 0.3 is 0 Å². The van der Waals surface area contributed by atoms with Crippen LogP contribution < -0.4 is 21.1 Å². The van der Waals surface area contributed by atoms with E-state index in [1.165, 1.54) is 0 Å². The first-order valence-electron chi connectivity index (χ1n) is 8.86. The van der Waals surface area contributed by atoms with Crippen molar-refractivity contribution in [3.8, 4) is 5.75 Å². The molecule has 3 rings (SSSR count). The summed E-state index contributed by atoms with van der Waals surface area (Å²) in [6.45, 7) is 5.58. The van der Waals surface area contributed by atoms with Gasteiger partial charge in [0.25, 0.3) is 11.8 Å². The molecule has 0 bridgehead atoms. The van der Waals surface area contributed by atoms with E-state index in [4.69, 9.17) is 10.5 Å². The van der Waals surface area contributed by atoms with Crippen LogP contribution in [0.2, 0.25) is 0 Å². The number of primary amides is 1. The van der Waals surface area contributed by atoms with Gasteiger partial charge in [0.1, 0.15) is 11.4 Å². The molecule has 2 heterocycles. The number of nitrogens with one attached hydrogen (secondary N) is 3. The summed E-state index contributed by atoms with van der Waals surface area (Å²) in [6.07, 6.45) is 0.168. The van der Waals surface area contributed by atoms with Gasteiger partial charge in [-0.25, -0.2) is 0 Å². The Kier molecular flexibility index (Phi) is 5.08. The van der Waals surface area contributed by atoms with Crippen molar-refractivity contribution in [3.63, 3.8) is 0 Å². The number of amides is 3. The van der Waals surface area contributed by atoms with Crippen LogP contribution in [0.15, 0.2) is 24.3 Å². The molecule has 3 amide bonds. The lowest BCUT2D eigenvalue weighted by molar-refractivity contribution is -0.124. The van der Waals surface area contributed by atoms with Crippen LogP contribution in [0.1, 0.15) is 54.7 Å². The number of benzene rings is 1. The minimum absolute atomic E-state index is 0.0971. The fraction of sp³-hybridized carbons (Fsp3) is 0.368. The smallest absolute Gasteiger partial charge is 0.267 e. The van der Waals surface area contributed by atoms with E-state index in [1.807, 2.05) is 20.8 Å². The third-order valence-corrected chi connectivity index (χ3v) is 4.21. The van der Waals surface area contributed by atoms with E-state index in [0.717, 1.165) is 5.56 Å². The highest BCUT2D eigenvalue weighted by atomic mass is 16.5. The fourth-order valence-electron chi connectivity index (χ4n) is 3.13. The highest BCUT2D eigenvalue weighted by molar-refractivity contribution is 6.00. The molecule has 0 radical (unpaired) electrons. The number of rotatable bonds is 5. The largest absolute Gasteiger partial charge is 0.484 e. The van der Waals surface area contributed by atoms with Gasteiger partial charge in [0.05, 0.1) is 0 Å². The third-order valence-electron chi connectivity index (χ3n) is 4.21. The molecule has 1 aliphatic rings. The maximum absolute atomic E-state index is 12.0. The van der Waals surface area contributed by atoms with Crippen LogP contribution in [0.3, 0.4) is 0 Å². The SMILES string of the molecule is CC(C)(C)NC(=O)COc1ccc([C@H]2CC(=O)Nc3n[nH]c(C(N)=O)c32)cc1. The van der Waals surface area contributed by atoms with Gasteiger partial charge in [-0.05, 0) is 38.5 Å². The van der Waals surface area contributed by atoms with Crippen molar-refractivity contribution in [2.75, 3.05) is 11.9 Å². The molecule has 0 unspecified atom stereocenters. The molecule has 1 aromatic heterocycles. The second-order valence-corrected chi connectivity index (χ2v) is 7.69. The molecule has 148 valence electrons. The summed E-state index contributed by atoms with van der Waals surface area (Å²) >= 11 is 0. The summed E-state index contributed by atoms with van der Waals surface area (Å²) in [5.74, 6) is -0.568. The fourth-order valence-corrected chi connectivity index (χ4v) is 3.13. The molecule has 0 saturated heterocycles. The molecular formula is C19H23N5O4. The maximum atomic E-state index is 12.0. The molecule has 9 heteroatoms. The first-order chi connectivity index (χ1) is 13.1. The van der Waals surface area contributed by atoms with Gasteiger partial charge in [-0.1, -0.05) is 12.1 Å². The number of hydrogen-bond acceptors (Lipinski definition) is 5. The zero-order valence-corrected chi connectivity index (χ0v) is 16.0. The topological polar surface area (TPSA) is 139 Å². The van der Waals surface area contributed by atoms with Gasteiger partial charge in [-0.2, -0.15) is 5.10 Å². The molecule has 1 aliphatic heterocycles. The summed E-state index contributed by atoms with van der Waals surface area (Å²) in [6, 6.07) is 7.02. The molecule has 0 saturated carbocycles. The average Bonchev–Trinajstić information content (AvgIpc) is 3.02. The molecule has 0 fully saturated rings. The second kappa shape index (κ2) is 7.34. The molecule has 0 spiro atoms. The first-order valence-corrected chi connectivity index (χ1v) is 8.86. The number of anilines is 1. The predicted molar refractivity (Wildman–Crippen MR) is 102 cm³/mol. The summed E-state index contributed by atoms with van der Waals surface area (Å²) in [5.41, 5.74) is 6.65. The minimum atomic E-state index is -0.639. The van der Waals surface area contributed by atoms with E-state index in [9.17, 15) is 14.4 Å². The van der Waals surface area contributed by atoms with Crippen molar-refractivity contribution in [2.24, 2.45) is 5.73 Å². The number of carbonyl (C=O) groups excluding carboxylic acids is 3. The third kappa shape index (κ3) is 4.30. The number of fused-ring (bicyclic) bond motifs is 1. The van der Waals surface area contributed by atoms with Gasteiger partial charge in [-0.15, -0.1) is 0 Å². The van der Waals surface area contributed by atoms with Crippen molar-refractivity contribution < 1.29 is 19.1 Å². The lowest BCUT2D eigenvalue weighted by Gasteiger charge is -2.23. The number of nitrogens with two attached hydrogens (primary N) is 1. The van der Waals surface area contributed by atoms with Gasteiger partial charge < -0.3 is 21.1 Å². The van der Waals surface area contributed by atoms with Gasteiger partial charge in [0.15, 0.2) is 12.4 Å². The Hall–Kier alpha value is -3.36. The number of nitrogens with zero attached hydrogens (tertiary/aromatic N) is 1. The molecule has 2 aromatic rings. The van der Waals surface area contributed by atoms with E-state index in [2.05, 4.69) is 20.8 Å². The Morgan fingerprint density at radius 1 is 1.29 bits per heavy atom. The molecule has 1 aromatic carbocycles. The Morgan fingerprint density at radius 2 is 1.96 bits per heavy atom. The number of H-pyrrole nitrogens is 1. The van der Waals surface area contributed by atoms with Gasteiger partial charge in [0.2, 0.25) is 5.91 Å².